The van der Waals surface area contributed by atoms with E-state index in [1.165, 1.54) is 6.20 Å². The van der Waals surface area contributed by atoms with Crippen LogP contribution in [0.5, 0.6) is 0 Å². The van der Waals surface area contributed by atoms with Crippen LogP contribution < -0.4 is 0 Å². The number of imidazole rings is 1. The predicted octanol–water partition coefficient (Wildman–Crippen LogP) is 2.57. The molecule has 1 amide bonds. The number of aromatic nitrogens is 2. The highest BCUT2D eigenvalue weighted by Gasteiger charge is 2.39. The number of likely N-dealkylation sites (tertiary alicyclic amines) is 1. The molecular formula is C14H21N3O4. The first kappa shape index (κ1) is 15.3. The Morgan fingerprint density at radius 2 is 2.10 bits per heavy atom. The first-order valence-corrected chi connectivity index (χ1v) is 6.98. The van der Waals surface area contributed by atoms with Crippen molar-refractivity contribution in [2.24, 2.45) is 0 Å². The molecule has 0 aliphatic carbocycles. The molecule has 0 aromatic carbocycles. The van der Waals surface area contributed by atoms with Crippen molar-refractivity contribution in [2.45, 2.75) is 58.2 Å². The molecule has 7 heteroatoms. The van der Waals surface area contributed by atoms with Gasteiger partial charge in [0, 0.05) is 6.04 Å². The Kier molecular flexibility index (Phi) is 3.93. The largest absolute Gasteiger partial charge is 0.477 e. The number of ether oxygens (including phenoxy) is 1. The van der Waals surface area contributed by atoms with E-state index >= 15 is 0 Å². The van der Waals surface area contributed by atoms with Gasteiger partial charge in [0.25, 0.3) is 0 Å². The molecule has 0 saturated carbocycles. The maximum Gasteiger partial charge on any atom is 0.411 e. The van der Waals surface area contributed by atoms with E-state index in [1.54, 1.807) is 4.90 Å². The fourth-order valence-electron chi connectivity index (χ4n) is 2.49. The zero-order chi connectivity index (χ0) is 15.8. The summed E-state index contributed by atoms with van der Waals surface area (Å²) in [6, 6.07) is -0.244. The molecule has 2 rings (SSSR count). The average Bonchev–Trinajstić information content (AvgIpc) is 2.92. The Hall–Kier alpha value is -2.05. The molecule has 0 spiro atoms. The minimum Gasteiger partial charge on any atom is -0.477 e. The van der Waals surface area contributed by atoms with Crippen LogP contribution in [0.4, 0.5) is 4.79 Å². The molecule has 1 aliphatic heterocycles. The summed E-state index contributed by atoms with van der Waals surface area (Å²) in [5.74, 6) is -0.578. The molecule has 1 aliphatic rings. The molecule has 1 aromatic heterocycles. The summed E-state index contributed by atoms with van der Waals surface area (Å²) >= 11 is 0. The van der Waals surface area contributed by atoms with Gasteiger partial charge in [0.2, 0.25) is 0 Å². The Balaban J connectivity index is 2.21. The molecule has 0 radical (unpaired) electrons. The summed E-state index contributed by atoms with van der Waals surface area (Å²) < 4.78 is 5.43. The van der Waals surface area contributed by atoms with Gasteiger partial charge in [-0.3, -0.25) is 4.90 Å². The summed E-state index contributed by atoms with van der Waals surface area (Å²) in [6.07, 6.45) is 2.43. The number of aromatic carboxylic acids is 1. The minimum absolute atomic E-state index is 0.0219. The number of rotatable bonds is 2. The van der Waals surface area contributed by atoms with Crippen LogP contribution in [-0.4, -0.2) is 43.7 Å². The molecule has 2 N–H and O–H groups in total. The van der Waals surface area contributed by atoms with Gasteiger partial charge >= 0.3 is 12.1 Å². The van der Waals surface area contributed by atoms with Gasteiger partial charge in [-0.05, 0) is 40.5 Å². The van der Waals surface area contributed by atoms with Crippen LogP contribution in [0.1, 0.15) is 62.9 Å². The molecule has 1 fully saturated rings. The fourth-order valence-corrected chi connectivity index (χ4v) is 2.49. The number of nitrogens with zero attached hydrogens (tertiary/aromatic N) is 2. The van der Waals surface area contributed by atoms with Crippen molar-refractivity contribution in [3.8, 4) is 0 Å². The lowest BCUT2D eigenvalue weighted by Crippen LogP contribution is -2.40. The highest BCUT2D eigenvalue weighted by atomic mass is 16.6. The van der Waals surface area contributed by atoms with E-state index in [0.717, 1.165) is 12.8 Å². The number of carbonyl (C=O) groups is 2. The summed E-state index contributed by atoms with van der Waals surface area (Å²) in [7, 11) is 0. The van der Waals surface area contributed by atoms with Crippen LogP contribution in [-0.2, 0) is 4.74 Å². The third-order valence-corrected chi connectivity index (χ3v) is 3.41. The second-order valence-corrected chi connectivity index (χ2v) is 6.32. The summed E-state index contributed by atoms with van der Waals surface area (Å²) in [5, 5.41) is 8.94. The van der Waals surface area contributed by atoms with Gasteiger partial charge in [-0.15, -0.1) is 0 Å². The number of hydrogen-bond acceptors (Lipinski definition) is 4. The van der Waals surface area contributed by atoms with E-state index in [9.17, 15) is 9.59 Å². The van der Waals surface area contributed by atoms with Gasteiger partial charge in [-0.2, -0.15) is 0 Å². The number of aromatic amines is 1. The maximum absolute atomic E-state index is 12.3. The lowest BCUT2D eigenvalue weighted by Gasteiger charge is -2.30. The molecule has 1 saturated heterocycles. The van der Waals surface area contributed by atoms with Crippen molar-refractivity contribution in [3.05, 3.63) is 17.7 Å². The van der Waals surface area contributed by atoms with E-state index in [4.69, 9.17) is 9.84 Å². The third-order valence-electron chi connectivity index (χ3n) is 3.41. The number of carboxylic acids is 1. The standard InChI is InChI=1S/C14H21N3O4/c1-8-5-6-10(11-15-7-9(16-11)12(18)19)17(8)13(20)21-14(2,3)4/h7-8,10H,5-6H2,1-4H3,(H,15,16)(H,18,19)/t8-,10-/m0/s1. The highest BCUT2D eigenvalue weighted by molar-refractivity contribution is 5.85. The summed E-state index contributed by atoms with van der Waals surface area (Å²) in [5.41, 5.74) is -0.548. The van der Waals surface area contributed by atoms with Crippen molar-refractivity contribution in [2.75, 3.05) is 0 Å². The Morgan fingerprint density at radius 1 is 1.43 bits per heavy atom. The molecule has 0 bridgehead atoms. The SMILES string of the molecule is C[C@H]1CC[C@@H](c2ncc(C(=O)O)[nH]2)N1C(=O)OC(C)(C)C. The van der Waals surface area contributed by atoms with Crippen LogP contribution in [0.25, 0.3) is 0 Å². The van der Waals surface area contributed by atoms with E-state index in [0.29, 0.717) is 5.82 Å². The molecule has 116 valence electrons. The summed E-state index contributed by atoms with van der Waals surface area (Å²) in [4.78, 5) is 31.8. The van der Waals surface area contributed by atoms with Crippen molar-refractivity contribution in [1.82, 2.24) is 14.9 Å². The van der Waals surface area contributed by atoms with Crippen LogP contribution >= 0.6 is 0 Å². The van der Waals surface area contributed by atoms with E-state index in [2.05, 4.69) is 9.97 Å². The van der Waals surface area contributed by atoms with Crippen molar-refractivity contribution < 1.29 is 19.4 Å². The van der Waals surface area contributed by atoms with Gasteiger partial charge in [0.15, 0.2) is 0 Å². The van der Waals surface area contributed by atoms with Gasteiger partial charge in [0.05, 0.1) is 12.2 Å². The Bertz CT molecular complexity index is 547. The van der Waals surface area contributed by atoms with Crippen LogP contribution in [0.15, 0.2) is 6.20 Å². The quantitative estimate of drug-likeness (QED) is 0.874. The number of carboxylic acid groups (broad SMARTS) is 1. The number of hydrogen-bond donors (Lipinski definition) is 2. The third kappa shape index (κ3) is 3.34. The maximum atomic E-state index is 12.3. The first-order valence-electron chi connectivity index (χ1n) is 6.98. The normalized spacial score (nSPS) is 22.4. The molecule has 21 heavy (non-hydrogen) atoms. The highest BCUT2D eigenvalue weighted by Crippen LogP contribution is 2.35. The van der Waals surface area contributed by atoms with Crippen molar-refractivity contribution in [1.29, 1.82) is 0 Å². The smallest absolute Gasteiger partial charge is 0.411 e. The van der Waals surface area contributed by atoms with E-state index < -0.39 is 17.7 Å². The topological polar surface area (TPSA) is 95.5 Å². The van der Waals surface area contributed by atoms with Gasteiger partial charge in [-0.1, -0.05) is 0 Å². The number of carbonyl (C=O) groups excluding carboxylic acids is 1. The molecule has 2 atom stereocenters. The van der Waals surface area contributed by atoms with Crippen molar-refractivity contribution >= 4 is 12.1 Å². The lowest BCUT2D eigenvalue weighted by atomic mass is 10.2. The van der Waals surface area contributed by atoms with E-state index in [-0.39, 0.29) is 17.8 Å². The minimum atomic E-state index is -1.07. The van der Waals surface area contributed by atoms with Crippen LogP contribution in [0.2, 0.25) is 0 Å². The lowest BCUT2D eigenvalue weighted by molar-refractivity contribution is 0.0151. The molecule has 0 unspecified atom stereocenters. The monoisotopic (exact) mass is 295 g/mol. The zero-order valence-electron chi connectivity index (χ0n) is 12.7. The predicted molar refractivity (Wildman–Crippen MR) is 75.1 cm³/mol. The van der Waals surface area contributed by atoms with Crippen molar-refractivity contribution in [3.63, 3.8) is 0 Å². The number of amides is 1. The number of H-pyrrole nitrogens is 1. The van der Waals surface area contributed by atoms with Gasteiger partial charge in [-0.25, -0.2) is 14.6 Å². The average molecular weight is 295 g/mol. The Labute approximate surface area is 123 Å². The van der Waals surface area contributed by atoms with Crippen LogP contribution in [0.3, 0.4) is 0 Å². The Morgan fingerprint density at radius 3 is 2.62 bits per heavy atom. The summed E-state index contributed by atoms with van der Waals surface area (Å²) in [6.45, 7) is 7.40. The number of nitrogens with one attached hydrogen (secondary N) is 1. The molecular weight excluding hydrogens is 274 g/mol. The van der Waals surface area contributed by atoms with Gasteiger partial charge < -0.3 is 14.8 Å². The second-order valence-electron chi connectivity index (χ2n) is 6.32. The van der Waals surface area contributed by atoms with Crippen LogP contribution in [0, 0.1) is 0 Å². The molecule has 2 heterocycles. The van der Waals surface area contributed by atoms with E-state index in [1.807, 2.05) is 27.7 Å². The first-order chi connectivity index (χ1) is 9.69. The fraction of sp³-hybridized carbons (Fsp3) is 0.643. The zero-order valence-corrected chi connectivity index (χ0v) is 12.7. The second kappa shape index (κ2) is 5.38. The molecule has 1 aromatic rings. The molecule has 7 nitrogen and oxygen atoms in total. The van der Waals surface area contributed by atoms with Gasteiger partial charge in [0.1, 0.15) is 17.1 Å².